The first-order chi connectivity index (χ1) is 9.11. The summed E-state index contributed by atoms with van der Waals surface area (Å²) in [5, 5.41) is 3.53. The highest BCUT2D eigenvalue weighted by Gasteiger charge is 2.11. The smallest absolute Gasteiger partial charge is 0.253 e. The Morgan fingerprint density at radius 1 is 1.42 bits per heavy atom. The summed E-state index contributed by atoms with van der Waals surface area (Å²) >= 11 is 0. The molecule has 1 aromatic carbocycles. The first-order valence-electron chi connectivity index (χ1n) is 6.17. The number of hydrogen-bond donors (Lipinski definition) is 2. The number of hydrogen-bond acceptors (Lipinski definition) is 3. The number of fused-ring (bicyclic) bond motifs is 1. The lowest BCUT2D eigenvalue weighted by atomic mass is 10.1. The maximum Gasteiger partial charge on any atom is 0.253 e. The number of nitrogens with two attached hydrogens (primary N) is 1. The Balaban J connectivity index is 2.30. The Labute approximate surface area is 110 Å². The molecule has 19 heavy (non-hydrogen) atoms. The summed E-state index contributed by atoms with van der Waals surface area (Å²) < 4.78 is 13.1. The Morgan fingerprint density at radius 3 is 2.95 bits per heavy atom. The molecule has 0 aliphatic heterocycles. The van der Waals surface area contributed by atoms with E-state index in [2.05, 4.69) is 10.3 Å². The highest BCUT2D eigenvalue weighted by atomic mass is 19.1. The van der Waals surface area contributed by atoms with Crippen molar-refractivity contribution in [1.82, 2.24) is 10.3 Å². The van der Waals surface area contributed by atoms with Gasteiger partial charge in [-0.05, 0) is 38.1 Å². The molecule has 1 amide bonds. The molecule has 4 nitrogen and oxygen atoms in total. The van der Waals surface area contributed by atoms with Gasteiger partial charge in [0, 0.05) is 18.0 Å². The lowest BCUT2D eigenvalue weighted by Crippen LogP contribution is -2.26. The second-order valence-corrected chi connectivity index (χ2v) is 4.36. The van der Waals surface area contributed by atoms with Crippen LogP contribution in [-0.2, 0) is 0 Å². The van der Waals surface area contributed by atoms with Crippen molar-refractivity contribution in [3.8, 4) is 0 Å². The normalized spacial score (nSPS) is 10.7. The third-order valence-corrected chi connectivity index (χ3v) is 2.88. The number of aryl methyl sites for hydroxylation is 1. The zero-order valence-corrected chi connectivity index (χ0v) is 10.7. The minimum Gasteiger partial charge on any atom is -0.352 e. The fourth-order valence-electron chi connectivity index (χ4n) is 1.87. The Kier molecular flexibility index (Phi) is 4.06. The number of pyridine rings is 1. The number of amides is 1. The average molecular weight is 261 g/mol. The third-order valence-electron chi connectivity index (χ3n) is 2.88. The molecule has 5 heteroatoms. The van der Waals surface area contributed by atoms with Crippen LogP contribution in [0.5, 0.6) is 0 Å². The Bertz CT molecular complexity index is 613. The van der Waals surface area contributed by atoms with Gasteiger partial charge in [0.25, 0.3) is 5.91 Å². The van der Waals surface area contributed by atoms with E-state index < -0.39 is 0 Å². The lowest BCUT2D eigenvalue weighted by molar-refractivity contribution is 0.0952. The molecule has 3 N–H and O–H groups in total. The van der Waals surface area contributed by atoms with E-state index in [-0.39, 0.29) is 11.7 Å². The van der Waals surface area contributed by atoms with Gasteiger partial charge in [-0.1, -0.05) is 0 Å². The van der Waals surface area contributed by atoms with Crippen LogP contribution in [0, 0.1) is 12.7 Å². The van der Waals surface area contributed by atoms with Gasteiger partial charge < -0.3 is 11.1 Å². The van der Waals surface area contributed by atoms with Crippen LogP contribution in [0.2, 0.25) is 0 Å². The molecule has 0 saturated carbocycles. The van der Waals surface area contributed by atoms with Crippen molar-refractivity contribution in [2.45, 2.75) is 13.3 Å². The van der Waals surface area contributed by atoms with Crippen LogP contribution in [0.3, 0.4) is 0 Å². The Morgan fingerprint density at radius 2 is 2.21 bits per heavy atom. The van der Waals surface area contributed by atoms with Crippen LogP contribution in [0.4, 0.5) is 4.39 Å². The highest BCUT2D eigenvalue weighted by Crippen LogP contribution is 2.17. The van der Waals surface area contributed by atoms with Gasteiger partial charge in [-0.15, -0.1) is 0 Å². The molecule has 0 atom stereocenters. The number of carbonyl (C=O) groups excluding carboxylic acids is 1. The molecule has 0 fully saturated rings. The first kappa shape index (κ1) is 13.4. The molecular weight excluding hydrogens is 245 g/mol. The van der Waals surface area contributed by atoms with E-state index in [1.807, 2.05) is 0 Å². The average Bonchev–Trinajstić information content (AvgIpc) is 2.38. The molecule has 0 unspecified atom stereocenters. The minimum atomic E-state index is -0.334. The summed E-state index contributed by atoms with van der Waals surface area (Å²) in [6.45, 7) is 2.81. The van der Waals surface area contributed by atoms with E-state index in [1.54, 1.807) is 19.1 Å². The molecule has 0 aliphatic carbocycles. The van der Waals surface area contributed by atoms with Gasteiger partial charge in [0.2, 0.25) is 0 Å². The van der Waals surface area contributed by atoms with E-state index in [0.29, 0.717) is 29.9 Å². The maximum absolute atomic E-state index is 13.1. The van der Waals surface area contributed by atoms with E-state index >= 15 is 0 Å². The summed E-state index contributed by atoms with van der Waals surface area (Å²) in [6.07, 6.45) is 0.733. The van der Waals surface area contributed by atoms with Gasteiger partial charge in [0.15, 0.2) is 0 Å². The van der Waals surface area contributed by atoms with Crippen molar-refractivity contribution < 1.29 is 9.18 Å². The van der Waals surface area contributed by atoms with Crippen LogP contribution in [0.1, 0.15) is 22.5 Å². The second-order valence-electron chi connectivity index (χ2n) is 4.36. The summed E-state index contributed by atoms with van der Waals surface area (Å²) in [4.78, 5) is 16.2. The SMILES string of the molecule is Cc1nc2cc(F)ccc2cc1C(=O)NCCCN. The van der Waals surface area contributed by atoms with Crippen molar-refractivity contribution in [3.63, 3.8) is 0 Å². The topological polar surface area (TPSA) is 68.0 Å². The molecule has 2 aromatic rings. The van der Waals surface area contributed by atoms with E-state index in [1.165, 1.54) is 12.1 Å². The maximum atomic E-state index is 13.1. The summed E-state index contributed by atoms with van der Waals surface area (Å²) in [7, 11) is 0. The van der Waals surface area contributed by atoms with Crippen LogP contribution in [-0.4, -0.2) is 24.0 Å². The molecule has 1 heterocycles. The molecule has 2 rings (SSSR count). The third kappa shape index (κ3) is 3.06. The summed E-state index contributed by atoms with van der Waals surface area (Å²) in [5.41, 5.74) is 7.02. The van der Waals surface area contributed by atoms with Gasteiger partial charge in [0.1, 0.15) is 5.82 Å². The zero-order valence-electron chi connectivity index (χ0n) is 10.7. The predicted molar refractivity (Wildman–Crippen MR) is 72.4 cm³/mol. The number of halogens is 1. The number of rotatable bonds is 4. The van der Waals surface area contributed by atoms with Gasteiger partial charge in [-0.25, -0.2) is 4.39 Å². The van der Waals surface area contributed by atoms with Crippen molar-refractivity contribution >= 4 is 16.8 Å². The van der Waals surface area contributed by atoms with Gasteiger partial charge in [0.05, 0.1) is 16.8 Å². The van der Waals surface area contributed by atoms with E-state index in [0.717, 1.165) is 11.8 Å². The lowest BCUT2D eigenvalue weighted by Gasteiger charge is -2.08. The van der Waals surface area contributed by atoms with Crippen molar-refractivity contribution in [3.05, 3.63) is 41.3 Å². The predicted octanol–water partition coefficient (Wildman–Crippen LogP) is 1.76. The number of aromatic nitrogens is 1. The number of nitrogens with one attached hydrogen (secondary N) is 1. The van der Waals surface area contributed by atoms with Crippen LogP contribution in [0.25, 0.3) is 10.9 Å². The molecular formula is C14H16FN3O. The summed E-state index contributed by atoms with van der Waals surface area (Å²) in [5.74, 6) is -0.510. The fourth-order valence-corrected chi connectivity index (χ4v) is 1.87. The van der Waals surface area contributed by atoms with Crippen LogP contribution >= 0.6 is 0 Å². The van der Waals surface area contributed by atoms with Gasteiger partial charge in [-0.2, -0.15) is 0 Å². The molecule has 0 saturated heterocycles. The second kappa shape index (κ2) is 5.75. The number of carbonyl (C=O) groups is 1. The van der Waals surface area contributed by atoms with Crippen molar-refractivity contribution in [2.24, 2.45) is 5.73 Å². The standard InChI is InChI=1S/C14H16FN3O/c1-9-12(14(19)17-6-2-5-16)7-10-3-4-11(15)8-13(10)18-9/h3-4,7-8H,2,5-6,16H2,1H3,(H,17,19). The highest BCUT2D eigenvalue weighted by molar-refractivity contribution is 5.98. The van der Waals surface area contributed by atoms with Crippen LogP contribution < -0.4 is 11.1 Å². The molecule has 0 bridgehead atoms. The van der Waals surface area contributed by atoms with Gasteiger partial charge in [-0.3, -0.25) is 9.78 Å². The quantitative estimate of drug-likeness (QED) is 0.824. The minimum absolute atomic E-state index is 0.176. The largest absolute Gasteiger partial charge is 0.352 e. The first-order valence-corrected chi connectivity index (χ1v) is 6.17. The zero-order chi connectivity index (χ0) is 13.8. The molecule has 0 aliphatic rings. The van der Waals surface area contributed by atoms with E-state index in [4.69, 9.17) is 5.73 Å². The monoisotopic (exact) mass is 261 g/mol. The number of benzene rings is 1. The van der Waals surface area contributed by atoms with Crippen molar-refractivity contribution in [2.75, 3.05) is 13.1 Å². The fraction of sp³-hybridized carbons (Fsp3) is 0.286. The Hall–Kier alpha value is -2.01. The van der Waals surface area contributed by atoms with Crippen LogP contribution in [0.15, 0.2) is 24.3 Å². The number of nitrogens with zero attached hydrogens (tertiary/aromatic N) is 1. The van der Waals surface area contributed by atoms with E-state index in [9.17, 15) is 9.18 Å². The molecule has 0 spiro atoms. The molecule has 1 aromatic heterocycles. The molecule has 100 valence electrons. The van der Waals surface area contributed by atoms with Crippen molar-refractivity contribution in [1.29, 1.82) is 0 Å². The molecule has 0 radical (unpaired) electrons. The summed E-state index contributed by atoms with van der Waals surface area (Å²) in [6, 6.07) is 6.07. The van der Waals surface area contributed by atoms with Gasteiger partial charge >= 0.3 is 0 Å².